The molecule has 0 unspecified atom stereocenters. The second-order valence-electron chi connectivity index (χ2n) is 3.83. The lowest BCUT2D eigenvalue weighted by atomic mass is 10.3. The van der Waals surface area contributed by atoms with Crippen molar-refractivity contribution >= 4 is 23.4 Å². The maximum atomic E-state index is 11.3. The van der Waals surface area contributed by atoms with Gasteiger partial charge in [-0.05, 0) is 12.1 Å². The van der Waals surface area contributed by atoms with Crippen LogP contribution in [0, 0.1) is 0 Å². The summed E-state index contributed by atoms with van der Waals surface area (Å²) in [5, 5.41) is 5.71. The zero-order valence-corrected chi connectivity index (χ0v) is 10.8. The van der Waals surface area contributed by atoms with E-state index in [9.17, 15) is 9.59 Å². The van der Waals surface area contributed by atoms with Crippen LogP contribution in [0.5, 0.6) is 0 Å². The van der Waals surface area contributed by atoms with Crippen molar-refractivity contribution in [2.45, 2.75) is 12.8 Å². The molecule has 0 saturated carbocycles. The lowest BCUT2D eigenvalue weighted by Gasteiger charge is -2.07. The van der Waals surface area contributed by atoms with Crippen LogP contribution < -0.4 is 16.4 Å². The van der Waals surface area contributed by atoms with E-state index < -0.39 is 0 Å². The van der Waals surface area contributed by atoms with E-state index in [4.69, 9.17) is 5.73 Å². The van der Waals surface area contributed by atoms with Crippen molar-refractivity contribution < 1.29 is 14.3 Å². The lowest BCUT2D eigenvalue weighted by Crippen LogP contribution is -2.29. The van der Waals surface area contributed by atoms with Crippen LogP contribution in [-0.4, -0.2) is 37.1 Å². The molecule has 0 fully saturated rings. The number of nitrogens with two attached hydrogens (primary N) is 1. The topological polar surface area (TPSA) is 106 Å². The number of methoxy groups -OCH3 is 1. The number of hydrogen-bond acceptors (Lipinski definition) is 6. The Hall–Kier alpha value is -2.31. The van der Waals surface area contributed by atoms with Crippen LogP contribution in [0.3, 0.4) is 0 Å². The van der Waals surface area contributed by atoms with Gasteiger partial charge in [-0.2, -0.15) is 0 Å². The summed E-state index contributed by atoms with van der Waals surface area (Å²) in [6.07, 6.45) is 1.78. The van der Waals surface area contributed by atoms with Gasteiger partial charge >= 0.3 is 5.97 Å². The van der Waals surface area contributed by atoms with Gasteiger partial charge in [-0.15, -0.1) is 0 Å². The van der Waals surface area contributed by atoms with E-state index in [-0.39, 0.29) is 24.7 Å². The summed E-state index contributed by atoms with van der Waals surface area (Å²) in [5.74, 6) is 0.120. The zero-order valence-electron chi connectivity index (χ0n) is 10.8. The third kappa shape index (κ3) is 6.25. The number of hydrogen-bond donors (Lipinski definition) is 3. The minimum Gasteiger partial charge on any atom is -0.469 e. The number of carbonyl (C=O) groups is 2. The van der Waals surface area contributed by atoms with Crippen LogP contribution >= 0.6 is 0 Å². The summed E-state index contributed by atoms with van der Waals surface area (Å²) in [4.78, 5) is 26.2. The number of esters is 1. The van der Waals surface area contributed by atoms with E-state index in [1.807, 2.05) is 0 Å². The molecule has 0 aliphatic rings. The smallest absolute Gasteiger partial charge is 0.306 e. The van der Waals surface area contributed by atoms with Crippen LogP contribution in [0.4, 0.5) is 11.5 Å². The molecule has 104 valence electrons. The van der Waals surface area contributed by atoms with Gasteiger partial charge in [0.2, 0.25) is 5.91 Å². The molecule has 7 nitrogen and oxygen atoms in total. The Bertz CT molecular complexity index is 419. The van der Waals surface area contributed by atoms with Crippen molar-refractivity contribution in [3.63, 3.8) is 0 Å². The van der Waals surface area contributed by atoms with Gasteiger partial charge in [-0.25, -0.2) is 4.98 Å². The van der Waals surface area contributed by atoms with E-state index in [1.54, 1.807) is 18.3 Å². The number of amides is 1. The van der Waals surface area contributed by atoms with Gasteiger partial charge in [0.25, 0.3) is 0 Å². The monoisotopic (exact) mass is 266 g/mol. The SMILES string of the molecule is COC(=O)CCC(=O)NCCNc1ccc(N)cn1. The summed E-state index contributed by atoms with van der Waals surface area (Å²) in [5.41, 5.74) is 6.10. The van der Waals surface area contributed by atoms with Crippen molar-refractivity contribution in [2.75, 3.05) is 31.2 Å². The molecule has 7 heteroatoms. The van der Waals surface area contributed by atoms with Crippen LogP contribution in [-0.2, 0) is 14.3 Å². The molecule has 1 aromatic rings. The van der Waals surface area contributed by atoms with Crippen molar-refractivity contribution in [3.05, 3.63) is 18.3 Å². The molecule has 1 amide bonds. The van der Waals surface area contributed by atoms with E-state index in [0.29, 0.717) is 24.6 Å². The number of nitrogens with zero attached hydrogens (tertiary/aromatic N) is 1. The largest absolute Gasteiger partial charge is 0.469 e. The second-order valence-corrected chi connectivity index (χ2v) is 3.83. The molecule has 1 rings (SSSR count). The Kier molecular flexibility index (Phi) is 6.14. The number of aromatic nitrogens is 1. The van der Waals surface area contributed by atoms with Gasteiger partial charge in [0.1, 0.15) is 5.82 Å². The first-order valence-corrected chi connectivity index (χ1v) is 5.90. The minimum atomic E-state index is -0.389. The van der Waals surface area contributed by atoms with Gasteiger partial charge in [-0.1, -0.05) is 0 Å². The number of rotatable bonds is 7. The van der Waals surface area contributed by atoms with Crippen molar-refractivity contribution in [1.29, 1.82) is 0 Å². The quantitative estimate of drug-likeness (QED) is 0.479. The lowest BCUT2D eigenvalue weighted by molar-refractivity contribution is -0.142. The van der Waals surface area contributed by atoms with E-state index in [0.717, 1.165) is 0 Å². The Morgan fingerprint density at radius 2 is 2.11 bits per heavy atom. The van der Waals surface area contributed by atoms with Gasteiger partial charge in [-0.3, -0.25) is 9.59 Å². The third-order valence-electron chi connectivity index (χ3n) is 2.32. The maximum absolute atomic E-state index is 11.3. The average molecular weight is 266 g/mol. The fourth-order valence-electron chi connectivity index (χ4n) is 1.31. The fourth-order valence-corrected chi connectivity index (χ4v) is 1.31. The summed E-state index contributed by atoms with van der Waals surface area (Å²) < 4.78 is 4.44. The van der Waals surface area contributed by atoms with Crippen LogP contribution in [0.25, 0.3) is 0 Å². The summed E-state index contributed by atoms with van der Waals surface area (Å²) in [6.45, 7) is 0.993. The summed E-state index contributed by atoms with van der Waals surface area (Å²) in [7, 11) is 1.30. The fraction of sp³-hybridized carbons (Fsp3) is 0.417. The number of nitrogen functional groups attached to an aromatic ring is 1. The van der Waals surface area contributed by atoms with E-state index >= 15 is 0 Å². The number of ether oxygens (including phenoxy) is 1. The predicted octanol–water partition coefficient (Wildman–Crippen LogP) is 0.145. The molecule has 0 aliphatic heterocycles. The highest BCUT2D eigenvalue weighted by Gasteiger charge is 2.05. The number of pyridine rings is 1. The highest BCUT2D eigenvalue weighted by Crippen LogP contribution is 2.04. The van der Waals surface area contributed by atoms with Crippen molar-refractivity contribution in [3.8, 4) is 0 Å². The summed E-state index contributed by atoms with van der Waals surface area (Å²) >= 11 is 0. The van der Waals surface area contributed by atoms with Crippen molar-refractivity contribution in [2.24, 2.45) is 0 Å². The molecule has 0 spiro atoms. The van der Waals surface area contributed by atoms with Crippen LogP contribution in [0.2, 0.25) is 0 Å². The molecular weight excluding hydrogens is 248 g/mol. The molecular formula is C12H18N4O3. The molecule has 0 atom stereocenters. The van der Waals surface area contributed by atoms with Crippen molar-refractivity contribution in [1.82, 2.24) is 10.3 Å². The van der Waals surface area contributed by atoms with Crippen LogP contribution in [0.1, 0.15) is 12.8 Å². The predicted molar refractivity (Wildman–Crippen MR) is 71.4 cm³/mol. The first kappa shape index (κ1) is 14.7. The average Bonchev–Trinajstić information content (AvgIpc) is 2.42. The number of nitrogens with one attached hydrogen (secondary N) is 2. The highest BCUT2D eigenvalue weighted by molar-refractivity contribution is 5.81. The standard InChI is InChI=1S/C12H18N4O3/c1-19-12(18)5-4-11(17)15-7-6-14-10-3-2-9(13)8-16-10/h2-3,8H,4-7,13H2,1H3,(H,14,16)(H,15,17). The zero-order chi connectivity index (χ0) is 14.1. The molecule has 0 saturated heterocycles. The molecule has 1 heterocycles. The molecule has 0 bridgehead atoms. The normalized spacial score (nSPS) is 9.74. The summed E-state index contributed by atoms with van der Waals surface area (Å²) in [6, 6.07) is 3.50. The van der Waals surface area contributed by atoms with Gasteiger partial charge in [0.15, 0.2) is 0 Å². The molecule has 4 N–H and O–H groups in total. The Balaban J connectivity index is 2.11. The Morgan fingerprint density at radius 3 is 2.74 bits per heavy atom. The van der Waals surface area contributed by atoms with Gasteiger partial charge < -0.3 is 21.1 Å². The molecule has 19 heavy (non-hydrogen) atoms. The molecule has 0 aromatic carbocycles. The highest BCUT2D eigenvalue weighted by atomic mass is 16.5. The van der Waals surface area contributed by atoms with Crippen LogP contribution in [0.15, 0.2) is 18.3 Å². The van der Waals surface area contributed by atoms with Gasteiger partial charge in [0, 0.05) is 19.5 Å². The van der Waals surface area contributed by atoms with Gasteiger partial charge in [0.05, 0.1) is 25.4 Å². The van der Waals surface area contributed by atoms with E-state index in [1.165, 1.54) is 7.11 Å². The molecule has 1 aromatic heterocycles. The number of anilines is 2. The molecule has 0 aliphatic carbocycles. The first-order chi connectivity index (χ1) is 9.11. The third-order valence-corrected chi connectivity index (χ3v) is 2.32. The Morgan fingerprint density at radius 1 is 1.32 bits per heavy atom. The van der Waals surface area contributed by atoms with E-state index in [2.05, 4.69) is 20.4 Å². The first-order valence-electron chi connectivity index (χ1n) is 5.90. The minimum absolute atomic E-state index is 0.0925. The maximum Gasteiger partial charge on any atom is 0.306 e. The second kappa shape index (κ2) is 7.91. The Labute approximate surface area is 111 Å². The number of carbonyl (C=O) groups excluding carboxylic acids is 2. The molecule has 0 radical (unpaired) electrons.